The van der Waals surface area contributed by atoms with Crippen LogP contribution >= 0.6 is 0 Å². The first-order valence-corrected chi connectivity index (χ1v) is 6.41. The van der Waals surface area contributed by atoms with Gasteiger partial charge in [0, 0.05) is 25.2 Å². The lowest BCUT2D eigenvalue weighted by molar-refractivity contribution is -0.145. The van der Waals surface area contributed by atoms with E-state index in [-0.39, 0.29) is 12.5 Å². The van der Waals surface area contributed by atoms with Gasteiger partial charge in [-0.05, 0) is 18.1 Å². The van der Waals surface area contributed by atoms with Crippen LogP contribution in [0.1, 0.15) is 23.6 Å². The van der Waals surface area contributed by atoms with Gasteiger partial charge in [0.15, 0.2) is 0 Å². The molecule has 0 saturated carbocycles. The van der Waals surface area contributed by atoms with Crippen molar-refractivity contribution in [3.05, 3.63) is 35.1 Å². The summed E-state index contributed by atoms with van der Waals surface area (Å²) in [5.41, 5.74) is 0.774. The summed E-state index contributed by atoms with van der Waals surface area (Å²) in [5, 5.41) is 14.4. The largest absolute Gasteiger partial charge is 0.465 e. The topological polar surface area (TPSA) is 72.9 Å². The van der Waals surface area contributed by atoms with Gasteiger partial charge in [-0.15, -0.1) is 0 Å². The molecule has 0 aromatic heterocycles. The van der Waals surface area contributed by atoms with Gasteiger partial charge in [-0.2, -0.15) is 0 Å². The molecule has 0 unspecified atom stereocenters. The van der Waals surface area contributed by atoms with Gasteiger partial charge >= 0.3 is 6.09 Å². The third-order valence-electron chi connectivity index (χ3n) is 3.70. The molecule has 0 aliphatic carbocycles. The fraction of sp³-hybridized carbons (Fsp3) is 0.385. The number of nitrogens with one attached hydrogen (secondary N) is 1. The first-order chi connectivity index (χ1) is 9.58. The Labute approximate surface area is 114 Å². The summed E-state index contributed by atoms with van der Waals surface area (Å²) in [4.78, 5) is 23.4. The van der Waals surface area contributed by atoms with Crippen molar-refractivity contribution in [1.82, 2.24) is 15.3 Å². The number of halogens is 1. The van der Waals surface area contributed by atoms with Gasteiger partial charge in [0.05, 0.1) is 0 Å². The van der Waals surface area contributed by atoms with Gasteiger partial charge < -0.3 is 10.4 Å². The quantitative estimate of drug-likeness (QED) is 0.807. The van der Waals surface area contributed by atoms with Crippen LogP contribution in [-0.2, 0) is 11.3 Å². The van der Waals surface area contributed by atoms with Crippen LogP contribution in [-0.4, -0.2) is 40.2 Å². The molecule has 0 spiro atoms. The fourth-order valence-corrected chi connectivity index (χ4v) is 2.82. The molecular weight excluding hydrogens is 265 g/mol. The summed E-state index contributed by atoms with van der Waals surface area (Å²) in [5.74, 6) is -0.768. The average molecular weight is 279 g/mol. The Morgan fingerprint density at radius 3 is 2.95 bits per heavy atom. The lowest BCUT2D eigenvalue weighted by atomic mass is 9.99. The molecule has 1 aromatic rings. The second-order valence-electron chi connectivity index (χ2n) is 4.89. The van der Waals surface area contributed by atoms with E-state index in [2.05, 4.69) is 5.32 Å². The van der Waals surface area contributed by atoms with Crippen LogP contribution < -0.4 is 5.32 Å². The number of benzene rings is 1. The third-order valence-corrected chi connectivity index (χ3v) is 3.70. The third kappa shape index (κ3) is 2.00. The first kappa shape index (κ1) is 12.9. The van der Waals surface area contributed by atoms with Crippen LogP contribution in [0.4, 0.5) is 9.18 Å². The van der Waals surface area contributed by atoms with Crippen LogP contribution in [0, 0.1) is 5.82 Å². The van der Waals surface area contributed by atoms with Gasteiger partial charge in [-0.25, -0.2) is 14.2 Å². The Morgan fingerprint density at radius 1 is 1.40 bits per heavy atom. The molecular formula is C13H14FN3O3. The number of carboxylic acid groups (broad SMARTS) is 1. The van der Waals surface area contributed by atoms with E-state index in [1.807, 2.05) is 0 Å². The molecule has 2 amide bonds. The van der Waals surface area contributed by atoms with E-state index in [0.29, 0.717) is 24.2 Å². The summed E-state index contributed by atoms with van der Waals surface area (Å²) in [6.45, 7) is 1.48. The molecule has 6 nitrogen and oxygen atoms in total. The minimum Gasteiger partial charge on any atom is -0.465 e. The van der Waals surface area contributed by atoms with Crippen molar-refractivity contribution >= 4 is 12.0 Å². The lowest BCUT2D eigenvalue weighted by Gasteiger charge is -2.27. The number of hydrazine groups is 1. The standard InChI is InChI=1S/C13H14FN3O3/c14-10-4-1-3-8-9(10)7-16-5-2-6-17(16)12(18)11(8)15-13(19)20/h1,3-4,11,15H,2,5-7H2,(H,19,20)/t11-/m0/s1. The molecule has 1 saturated heterocycles. The zero-order valence-electron chi connectivity index (χ0n) is 10.7. The molecule has 2 aliphatic heterocycles. The van der Waals surface area contributed by atoms with Gasteiger partial charge in [0.25, 0.3) is 5.91 Å². The van der Waals surface area contributed by atoms with Crippen molar-refractivity contribution in [2.45, 2.75) is 19.0 Å². The van der Waals surface area contributed by atoms with E-state index < -0.39 is 18.0 Å². The second-order valence-corrected chi connectivity index (χ2v) is 4.89. The molecule has 1 atom stereocenters. The van der Waals surface area contributed by atoms with Gasteiger partial charge in [-0.3, -0.25) is 9.80 Å². The molecule has 2 N–H and O–H groups in total. The highest BCUT2D eigenvalue weighted by Gasteiger charge is 2.38. The summed E-state index contributed by atoms with van der Waals surface area (Å²) < 4.78 is 14.0. The molecule has 3 rings (SSSR count). The van der Waals surface area contributed by atoms with Gasteiger partial charge in [-0.1, -0.05) is 12.1 Å². The van der Waals surface area contributed by atoms with Crippen molar-refractivity contribution in [2.24, 2.45) is 0 Å². The second kappa shape index (κ2) is 4.75. The number of fused-ring (bicyclic) bond motifs is 2. The summed E-state index contributed by atoms with van der Waals surface area (Å²) >= 11 is 0. The molecule has 20 heavy (non-hydrogen) atoms. The lowest BCUT2D eigenvalue weighted by Crippen LogP contribution is -2.45. The average Bonchev–Trinajstić information content (AvgIpc) is 2.82. The fourth-order valence-electron chi connectivity index (χ4n) is 2.82. The number of amides is 2. The molecule has 0 bridgehead atoms. The molecule has 2 heterocycles. The highest BCUT2D eigenvalue weighted by atomic mass is 19.1. The summed E-state index contributed by atoms with van der Waals surface area (Å²) in [7, 11) is 0. The van der Waals surface area contributed by atoms with E-state index in [4.69, 9.17) is 5.11 Å². The number of nitrogens with zero attached hydrogens (tertiary/aromatic N) is 2. The Balaban J connectivity index is 2.10. The van der Waals surface area contributed by atoms with E-state index in [1.54, 1.807) is 11.1 Å². The predicted molar refractivity (Wildman–Crippen MR) is 67.0 cm³/mol. The van der Waals surface area contributed by atoms with E-state index in [0.717, 1.165) is 6.42 Å². The molecule has 1 aromatic carbocycles. The Kier molecular flexibility index (Phi) is 3.06. The number of carbonyl (C=O) groups is 2. The van der Waals surface area contributed by atoms with Crippen molar-refractivity contribution < 1.29 is 19.1 Å². The smallest absolute Gasteiger partial charge is 0.405 e. The molecule has 106 valence electrons. The highest BCUT2D eigenvalue weighted by molar-refractivity contribution is 5.87. The minimum atomic E-state index is -1.30. The van der Waals surface area contributed by atoms with E-state index >= 15 is 0 Å². The number of hydrogen-bond donors (Lipinski definition) is 2. The van der Waals surface area contributed by atoms with Crippen molar-refractivity contribution in [3.8, 4) is 0 Å². The predicted octanol–water partition coefficient (Wildman–Crippen LogP) is 1.10. The molecule has 1 fully saturated rings. The molecule has 7 heteroatoms. The highest BCUT2D eigenvalue weighted by Crippen LogP contribution is 2.30. The first-order valence-electron chi connectivity index (χ1n) is 6.41. The monoisotopic (exact) mass is 279 g/mol. The zero-order chi connectivity index (χ0) is 14.3. The normalized spacial score (nSPS) is 22.1. The number of rotatable bonds is 1. The van der Waals surface area contributed by atoms with Crippen molar-refractivity contribution in [1.29, 1.82) is 0 Å². The van der Waals surface area contributed by atoms with Gasteiger partial charge in [0.1, 0.15) is 11.9 Å². The van der Waals surface area contributed by atoms with E-state index in [9.17, 15) is 14.0 Å². The molecule has 2 aliphatic rings. The SMILES string of the molecule is O=C(O)N[C@@H]1C(=O)N2CCCN2Cc2c(F)cccc21. The maximum absolute atomic E-state index is 14.0. The van der Waals surface area contributed by atoms with Gasteiger partial charge in [0.2, 0.25) is 0 Å². The summed E-state index contributed by atoms with van der Waals surface area (Å²) in [6, 6.07) is 3.36. The van der Waals surface area contributed by atoms with E-state index in [1.165, 1.54) is 17.1 Å². The maximum atomic E-state index is 14.0. The Hall–Kier alpha value is -2.15. The zero-order valence-corrected chi connectivity index (χ0v) is 10.7. The summed E-state index contributed by atoms with van der Waals surface area (Å²) in [6.07, 6.45) is -0.499. The van der Waals surface area contributed by atoms with Crippen LogP contribution in [0.5, 0.6) is 0 Å². The number of hydrogen-bond acceptors (Lipinski definition) is 3. The van der Waals surface area contributed by atoms with Crippen LogP contribution in [0.2, 0.25) is 0 Å². The van der Waals surface area contributed by atoms with Crippen LogP contribution in [0.3, 0.4) is 0 Å². The van der Waals surface area contributed by atoms with Crippen LogP contribution in [0.25, 0.3) is 0 Å². The Morgan fingerprint density at radius 2 is 2.20 bits per heavy atom. The Bertz CT molecular complexity index is 578. The van der Waals surface area contributed by atoms with Crippen molar-refractivity contribution in [2.75, 3.05) is 13.1 Å². The minimum absolute atomic E-state index is 0.283. The van der Waals surface area contributed by atoms with Crippen molar-refractivity contribution in [3.63, 3.8) is 0 Å². The number of carbonyl (C=O) groups excluding carboxylic acids is 1. The maximum Gasteiger partial charge on any atom is 0.405 e. The molecule has 0 radical (unpaired) electrons. The van der Waals surface area contributed by atoms with Crippen LogP contribution in [0.15, 0.2) is 18.2 Å².